The molecular weight excluding hydrogens is 513 g/mol. The average molecular weight is 549 g/mol. The lowest BCUT2D eigenvalue weighted by molar-refractivity contribution is -0.123. The van der Waals surface area contributed by atoms with Gasteiger partial charge in [-0.25, -0.2) is 4.68 Å². The fraction of sp³-hybridized carbons (Fsp3) is 0.556. The number of alkyl halides is 3. The van der Waals surface area contributed by atoms with Crippen LogP contribution in [0.4, 0.5) is 13.2 Å². The molecule has 2 amide bonds. The molecule has 3 heterocycles. The van der Waals surface area contributed by atoms with Crippen LogP contribution in [0.5, 0.6) is 5.75 Å². The van der Waals surface area contributed by atoms with E-state index in [4.69, 9.17) is 4.74 Å². The highest BCUT2D eigenvalue weighted by atomic mass is 19.4. The lowest BCUT2D eigenvalue weighted by Crippen LogP contribution is -2.48. The zero-order chi connectivity index (χ0) is 27.8. The van der Waals surface area contributed by atoms with Gasteiger partial charge >= 0.3 is 6.18 Å². The molecule has 12 heteroatoms. The second kappa shape index (κ2) is 13.1. The standard InChI is InChI=1S/C27H35F3N6O3/c1-2-3-7-16-39-24-17-20(25(37)31-19-27(28,29)30)8-9-23(24)36-18-22(32-33-36)26(38)35-14-10-21(11-15-35)34-12-5-4-6-13-34/h2,8-9,17-18,21H,1,3-7,10-16,19H2,(H,31,37). The second-order valence-corrected chi connectivity index (χ2v) is 9.93. The summed E-state index contributed by atoms with van der Waals surface area (Å²) >= 11 is 0. The summed E-state index contributed by atoms with van der Waals surface area (Å²) < 4.78 is 44.9. The summed E-state index contributed by atoms with van der Waals surface area (Å²) in [4.78, 5) is 29.8. The molecule has 0 aliphatic carbocycles. The van der Waals surface area contributed by atoms with E-state index in [0.29, 0.717) is 44.3 Å². The van der Waals surface area contributed by atoms with Crippen LogP contribution in [0.25, 0.3) is 5.69 Å². The van der Waals surface area contributed by atoms with Gasteiger partial charge < -0.3 is 19.9 Å². The third-order valence-corrected chi connectivity index (χ3v) is 7.10. The molecule has 2 aromatic rings. The molecule has 9 nitrogen and oxygen atoms in total. The normalized spacial score (nSPS) is 17.2. The van der Waals surface area contributed by atoms with Crippen molar-refractivity contribution in [1.29, 1.82) is 0 Å². The van der Waals surface area contributed by atoms with Crippen molar-refractivity contribution < 1.29 is 27.5 Å². The molecule has 4 rings (SSSR count). The van der Waals surface area contributed by atoms with Crippen molar-refractivity contribution >= 4 is 11.8 Å². The molecule has 2 aliphatic rings. The van der Waals surface area contributed by atoms with E-state index in [2.05, 4.69) is 21.8 Å². The Labute approximate surface area is 226 Å². The molecule has 2 saturated heterocycles. The van der Waals surface area contributed by atoms with Gasteiger partial charge in [-0.2, -0.15) is 13.2 Å². The molecular formula is C27H35F3N6O3. The predicted molar refractivity (Wildman–Crippen MR) is 139 cm³/mol. The summed E-state index contributed by atoms with van der Waals surface area (Å²) in [5.41, 5.74) is 0.613. The largest absolute Gasteiger partial charge is 0.491 e. The van der Waals surface area contributed by atoms with E-state index in [0.717, 1.165) is 25.9 Å². The summed E-state index contributed by atoms with van der Waals surface area (Å²) in [6, 6.07) is 4.77. The first-order chi connectivity index (χ1) is 18.7. The summed E-state index contributed by atoms with van der Waals surface area (Å²) in [6.07, 6.45) is 5.72. The van der Waals surface area contributed by atoms with Crippen molar-refractivity contribution in [3.63, 3.8) is 0 Å². The molecule has 0 atom stereocenters. The van der Waals surface area contributed by atoms with Gasteiger partial charge in [0.1, 0.15) is 18.0 Å². The van der Waals surface area contributed by atoms with Crippen molar-refractivity contribution in [2.75, 3.05) is 39.3 Å². The van der Waals surface area contributed by atoms with Gasteiger partial charge in [0, 0.05) is 24.7 Å². The number of amides is 2. The number of allylic oxidation sites excluding steroid dienone is 1. The quantitative estimate of drug-likeness (QED) is 0.357. The Morgan fingerprint density at radius 1 is 1.13 bits per heavy atom. The Kier molecular flexibility index (Phi) is 9.60. The Hall–Kier alpha value is -3.41. The van der Waals surface area contributed by atoms with Crippen LogP contribution in [0.15, 0.2) is 37.1 Å². The van der Waals surface area contributed by atoms with Gasteiger partial charge in [-0.05, 0) is 69.8 Å². The number of benzene rings is 1. The third-order valence-electron chi connectivity index (χ3n) is 7.10. The number of piperidine rings is 2. The number of ether oxygens (including phenoxy) is 1. The lowest BCUT2D eigenvalue weighted by Gasteiger charge is -2.40. The van der Waals surface area contributed by atoms with E-state index >= 15 is 0 Å². The van der Waals surface area contributed by atoms with Gasteiger partial charge in [0.2, 0.25) is 0 Å². The van der Waals surface area contributed by atoms with Gasteiger partial charge in [0.05, 0.1) is 12.8 Å². The number of nitrogens with one attached hydrogen (secondary N) is 1. The molecule has 2 aliphatic heterocycles. The number of rotatable bonds is 10. The number of carbonyl (C=O) groups is 2. The number of carbonyl (C=O) groups excluding carboxylic acids is 2. The minimum Gasteiger partial charge on any atom is -0.491 e. The van der Waals surface area contributed by atoms with Crippen molar-refractivity contribution in [2.24, 2.45) is 0 Å². The topological polar surface area (TPSA) is 92.6 Å². The SMILES string of the molecule is C=CCCCOc1cc(C(=O)NCC(F)(F)F)ccc1-n1cc(C(=O)N2CCC(N3CCCCC3)CC2)nn1. The van der Waals surface area contributed by atoms with E-state index in [1.807, 2.05) is 5.32 Å². The molecule has 0 radical (unpaired) electrons. The molecule has 212 valence electrons. The lowest BCUT2D eigenvalue weighted by atomic mass is 10.00. The van der Waals surface area contributed by atoms with Gasteiger partial charge in [-0.15, -0.1) is 11.7 Å². The number of hydrogen-bond donors (Lipinski definition) is 1. The number of unbranched alkanes of at least 4 members (excludes halogenated alkanes) is 1. The zero-order valence-corrected chi connectivity index (χ0v) is 22.0. The number of hydrogen-bond acceptors (Lipinski definition) is 6. The monoisotopic (exact) mass is 548 g/mol. The second-order valence-electron chi connectivity index (χ2n) is 9.93. The summed E-state index contributed by atoms with van der Waals surface area (Å²) in [7, 11) is 0. The Bertz CT molecular complexity index is 1140. The molecule has 39 heavy (non-hydrogen) atoms. The van der Waals surface area contributed by atoms with Crippen LogP contribution in [-0.4, -0.2) is 88.2 Å². The highest BCUT2D eigenvalue weighted by Gasteiger charge is 2.30. The summed E-state index contributed by atoms with van der Waals surface area (Å²) in [6.45, 7) is 6.11. The first kappa shape index (κ1) is 28.6. The van der Waals surface area contributed by atoms with Crippen LogP contribution in [0.1, 0.15) is 65.8 Å². The fourth-order valence-corrected chi connectivity index (χ4v) is 5.01. The smallest absolute Gasteiger partial charge is 0.405 e. The van der Waals surface area contributed by atoms with E-state index in [1.54, 1.807) is 11.0 Å². The van der Waals surface area contributed by atoms with Crippen molar-refractivity contribution in [3.05, 3.63) is 48.3 Å². The van der Waals surface area contributed by atoms with Crippen molar-refractivity contribution in [1.82, 2.24) is 30.1 Å². The number of nitrogens with zero attached hydrogens (tertiary/aromatic N) is 5. The molecule has 0 unspecified atom stereocenters. The van der Waals surface area contributed by atoms with Gasteiger partial charge in [0.15, 0.2) is 5.69 Å². The van der Waals surface area contributed by atoms with Crippen LogP contribution in [0.2, 0.25) is 0 Å². The Balaban J connectivity index is 1.45. The van der Waals surface area contributed by atoms with Gasteiger partial charge in [0.25, 0.3) is 11.8 Å². The van der Waals surface area contributed by atoms with Crippen LogP contribution in [0, 0.1) is 0 Å². The maximum atomic E-state index is 13.2. The van der Waals surface area contributed by atoms with Crippen LogP contribution < -0.4 is 10.1 Å². The minimum absolute atomic E-state index is 0.00899. The molecule has 1 N–H and O–H groups in total. The molecule has 0 saturated carbocycles. The Morgan fingerprint density at radius 2 is 1.87 bits per heavy atom. The van der Waals surface area contributed by atoms with Gasteiger partial charge in [-0.1, -0.05) is 17.7 Å². The molecule has 1 aromatic carbocycles. The first-order valence-corrected chi connectivity index (χ1v) is 13.4. The van der Waals surface area contributed by atoms with Crippen LogP contribution in [0.3, 0.4) is 0 Å². The molecule has 0 bridgehead atoms. The van der Waals surface area contributed by atoms with E-state index in [1.165, 1.54) is 48.3 Å². The van der Waals surface area contributed by atoms with Crippen LogP contribution in [-0.2, 0) is 0 Å². The zero-order valence-electron chi connectivity index (χ0n) is 22.0. The maximum Gasteiger partial charge on any atom is 0.405 e. The number of aromatic nitrogens is 3. The Morgan fingerprint density at radius 3 is 2.56 bits per heavy atom. The van der Waals surface area contributed by atoms with E-state index < -0.39 is 18.6 Å². The van der Waals surface area contributed by atoms with Crippen molar-refractivity contribution in [2.45, 2.75) is 57.2 Å². The average Bonchev–Trinajstić information content (AvgIpc) is 3.44. The summed E-state index contributed by atoms with van der Waals surface area (Å²) in [5.74, 6) is -0.836. The first-order valence-electron chi connectivity index (χ1n) is 13.4. The van der Waals surface area contributed by atoms with Crippen LogP contribution >= 0.6 is 0 Å². The fourth-order valence-electron chi connectivity index (χ4n) is 5.01. The molecule has 0 spiro atoms. The van der Waals surface area contributed by atoms with Crippen molar-refractivity contribution in [3.8, 4) is 11.4 Å². The van der Waals surface area contributed by atoms with E-state index in [9.17, 15) is 22.8 Å². The predicted octanol–water partition coefficient (Wildman–Crippen LogP) is 3.99. The molecule has 1 aromatic heterocycles. The van der Waals surface area contributed by atoms with E-state index in [-0.39, 0.29) is 22.9 Å². The minimum atomic E-state index is -4.52. The highest BCUT2D eigenvalue weighted by Crippen LogP contribution is 2.26. The highest BCUT2D eigenvalue weighted by molar-refractivity contribution is 5.95. The number of halogens is 3. The maximum absolute atomic E-state index is 13.2. The molecule has 2 fully saturated rings. The summed E-state index contributed by atoms with van der Waals surface area (Å²) in [5, 5.41) is 10.0. The van der Waals surface area contributed by atoms with Gasteiger partial charge in [-0.3, -0.25) is 9.59 Å². The third kappa shape index (κ3) is 7.81. The number of likely N-dealkylation sites (tertiary alicyclic amines) is 2.